The van der Waals surface area contributed by atoms with Gasteiger partial charge in [0.25, 0.3) is 0 Å². The second-order valence-corrected chi connectivity index (χ2v) is 5.79. The fraction of sp³-hybridized carbons (Fsp3) is 0.353. The summed E-state index contributed by atoms with van der Waals surface area (Å²) in [6.07, 6.45) is -0.231. The molecule has 2 rings (SSSR count). The van der Waals surface area contributed by atoms with E-state index in [2.05, 4.69) is 5.32 Å². The Balaban J connectivity index is 1.99. The van der Waals surface area contributed by atoms with Crippen LogP contribution in [-0.4, -0.2) is 17.6 Å². The molecule has 0 aliphatic heterocycles. The van der Waals surface area contributed by atoms with Gasteiger partial charge in [-0.25, -0.2) is 8.78 Å². The number of aliphatic hydroxyl groups is 1. The van der Waals surface area contributed by atoms with E-state index in [1.165, 1.54) is 6.07 Å². The van der Waals surface area contributed by atoms with Crippen molar-refractivity contribution in [3.05, 3.63) is 58.5 Å². The number of furan rings is 1. The number of aryl methyl sites for hydroxylation is 2. The summed E-state index contributed by atoms with van der Waals surface area (Å²) >= 11 is 0. The quantitative estimate of drug-likeness (QED) is 0.889. The number of hydrogen-bond donors (Lipinski definition) is 2. The van der Waals surface area contributed by atoms with Gasteiger partial charge in [-0.15, -0.1) is 0 Å². The Hall–Kier alpha value is -2.21. The highest BCUT2D eigenvalue weighted by Crippen LogP contribution is 2.26. The lowest BCUT2D eigenvalue weighted by molar-refractivity contribution is -0.121. The summed E-state index contributed by atoms with van der Waals surface area (Å²) in [6, 6.07) is 4.77. The van der Waals surface area contributed by atoms with E-state index >= 15 is 0 Å². The number of halogens is 2. The molecule has 6 heteroatoms. The van der Waals surface area contributed by atoms with E-state index in [0.29, 0.717) is 17.1 Å². The second kappa shape index (κ2) is 6.50. The lowest BCUT2D eigenvalue weighted by atomic mass is 9.96. The van der Waals surface area contributed by atoms with Gasteiger partial charge in [0.15, 0.2) is 0 Å². The molecular formula is C17H19F2NO3. The zero-order chi connectivity index (χ0) is 17.2. The van der Waals surface area contributed by atoms with Gasteiger partial charge in [-0.2, -0.15) is 0 Å². The van der Waals surface area contributed by atoms with Crippen molar-refractivity contribution in [2.24, 2.45) is 0 Å². The minimum Gasteiger partial charge on any atom is -0.466 e. The van der Waals surface area contributed by atoms with E-state index in [1.54, 1.807) is 26.8 Å². The SMILES string of the molecule is Cc1cc(C(C)(O)CNC(=O)Cc2ccc(F)cc2F)c(C)o1. The second-order valence-electron chi connectivity index (χ2n) is 5.79. The highest BCUT2D eigenvalue weighted by molar-refractivity contribution is 5.78. The lowest BCUT2D eigenvalue weighted by Crippen LogP contribution is -2.39. The smallest absolute Gasteiger partial charge is 0.224 e. The molecule has 1 amide bonds. The highest BCUT2D eigenvalue weighted by Gasteiger charge is 2.28. The van der Waals surface area contributed by atoms with Crippen molar-refractivity contribution in [3.63, 3.8) is 0 Å². The van der Waals surface area contributed by atoms with E-state index in [0.717, 1.165) is 12.1 Å². The maximum Gasteiger partial charge on any atom is 0.224 e. The Morgan fingerprint density at radius 2 is 2.00 bits per heavy atom. The molecule has 2 N–H and O–H groups in total. The zero-order valence-corrected chi connectivity index (χ0v) is 13.2. The van der Waals surface area contributed by atoms with E-state index < -0.39 is 23.1 Å². The summed E-state index contributed by atoms with van der Waals surface area (Å²) in [5.74, 6) is -0.689. The third-order valence-electron chi connectivity index (χ3n) is 3.62. The number of benzene rings is 1. The molecule has 1 atom stereocenters. The van der Waals surface area contributed by atoms with Crippen LogP contribution >= 0.6 is 0 Å². The average molecular weight is 323 g/mol. The maximum atomic E-state index is 13.5. The predicted molar refractivity (Wildman–Crippen MR) is 80.8 cm³/mol. The topological polar surface area (TPSA) is 62.5 Å². The fourth-order valence-electron chi connectivity index (χ4n) is 2.43. The van der Waals surface area contributed by atoms with Gasteiger partial charge in [-0.3, -0.25) is 4.79 Å². The standard InChI is InChI=1S/C17H19F2NO3/c1-10-6-14(11(2)23-10)17(3,22)9-20-16(21)7-12-4-5-13(18)8-15(12)19/h4-6,8,22H,7,9H2,1-3H3,(H,20,21). The molecule has 0 aliphatic rings. The van der Waals surface area contributed by atoms with Crippen molar-refractivity contribution in [2.45, 2.75) is 32.8 Å². The Bertz CT molecular complexity index is 723. The first-order valence-corrected chi connectivity index (χ1v) is 7.19. The summed E-state index contributed by atoms with van der Waals surface area (Å²) in [5.41, 5.74) is -0.624. The van der Waals surface area contributed by atoms with Crippen LogP contribution in [0, 0.1) is 25.5 Å². The van der Waals surface area contributed by atoms with Crippen LogP contribution in [0.15, 0.2) is 28.7 Å². The summed E-state index contributed by atoms with van der Waals surface area (Å²) in [4.78, 5) is 11.9. The molecule has 124 valence electrons. The zero-order valence-electron chi connectivity index (χ0n) is 13.2. The number of nitrogens with one attached hydrogen (secondary N) is 1. The monoisotopic (exact) mass is 323 g/mol. The first kappa shape index (κ1) is 17.1. The van der Waals surface area contributed by atoms with E-state index in [-0.39, 0.29) is 18.5 Å². The van der Waals surface area contributed by atoms with Crippen molar-refractivity contribution in [1.82, 2.24) is 5.32 Å². The largest absolute Gasteiger partial charge is 0.466 e. The summed E-state index contributed by atoms with van der Waals surface area (Å²) < 4.78 is 31.7. The highest BCUT2D eigenvalue weighted by atomic mass is 19.1. The van der Waals surface area contributed by atoms with Crippen LogP contribution in [-0.2, 0) is 16.8 Å². The number of hydrogen-bond acceptors (Lipinski definition) is 3. The van der Waals surface area contributed by atoms with Gasteiger partial charge in [0.1, 0.15) is 28.8 Å². The predicted octanol–water partition coefficient (Wildman–Crippen LogP) is 2.74. The summed E-state index contributed by atoms with van der Waals surface area (Å²) in [6.45, 7) is 5.01. The molecule has 0 bridgehead atoms. The molecule has 23 heavy (non-hydrogen) atoms. The molecule has 0 saturated carbocycles. The molecule has 1 aromatic carbocycles. The molecule has 0 spiro atoms. The van der Waals surface area contributed by atoms with Gasteiger partial charge in [-0.1, -0.05) is 6.07 Å². The lowest BCUT2D eigenvalue weighted by Gasteiger charge is -2.23. The minimum atomic E-state index is -1.31. The molecule has 0 aliphatic carbocycles. The summed E-state index contributed by atoms with van der Waals surface area (Å²) in [7, 11) is 0. The Morgan fingerprint density at radius 3 is 2.57 bits per heavy atom. The molecule has 1 aromatic heterocycles. The van der Waals surface area contributed by atoms with Gasteiger partial charge >= 0.3 is 0 Å². The molecule has 4 nitrogen and oxygen atoms in total. The third-order valence-corrected chi connectivity index (χ3v) is 3.62. The third kappa shape index (κ3) is 4.16. The molecule has 0 fully saturated rings. The van der Waals surface area contributed by atoms with E-state index in [4.69, 9.17) is 4.42 Å². The van der Waals surface area contributed by atoms with Crippen LogP contribution in [0.3, 0.4) is 0 Å². The molecule has 1 heterocycles. The van der Waals surface area contributed by atoms with Crippen molar-refractivity contribution in [1.29, 1.82) is 0 Å². The van der Waals surface area contributed by atoms with Gasteiger partial charge in [0.05, 0.1) is 13.0 Å². The number of carbonyl (C=O) groups is 1. The van der Waals surface area contributed by atoms with Crippen LogP contribution in [0.1, 0.15) is 29.6 Å². The first-order valence-electron chi connectivity index (χ1n) is 7.19. The van der Waals surface area contributed by atoms with E-state index in [9.17, 15) is 18.7 Å². The fourth-order valence-corrected chi connectivity index (χ4v) is 2.43. The van der Waals surface area contributed by atoms with Crippen LogP contribution < -0.4 is 5.32 Å². The maximum absolute atomic E-state index is 13.5. The Morgan fingerprint density at radius 1 is 1.30 bits per heavy atom. The van der Waals surface area contributed by atoms with Crippen LogP contribution in [0.5, 0.6) is 0 Å². The van der Waals surface area contributed by atoms with E-state index in [1.807, 2.05) is 0 Å². The first-order chi connectivity index (χ1) is 10.7. The number of rotatable bonds is 5. The van der Waals surface area contributed by atoms with Crippen molar-refractivity contribution in [2.75, 3.05) is 6.54 Å². The molecular weight excluding hydrogens is 304 g/mol. The molecule has 0 radical (unpaired) electrons. The summed E-state index contributed by atoms with van der Waals surface area (Å²) in [5, 5.41) is 13.0. The van der Waals surface area contributed by atoms with Crippen molar-refractivity contribution >= 4 is 5.91 Å². The molecule has 1 unspecified atom stereocenters. The Labute approximate surface area is 133 Å². The normalized spacial score (nSPS) is 13.7. The van der Waals surface area contributed by atoms with Gasteiger partial charge in [0.2, 0.25) is 5.91 Å². The Kier molecular flexibility index (Phi) is 4.85. The van der Waals surface area contributed by atoms with Gasteiger partial charge < -0.3 is 14.8 Å². The van der Waals surface area contributed by atoms with Crippen LogP contribution in [0.4, 0.5) is 8.78 Å². The molecule has 0 saturated heterocycles. The minimum absolute atomic E-state index is 0.0472. The van der Waals surface area contributed by atoms with Gasteiger partial charge in [-0.05, 0) is 38.5 Å². The van der Waals surface area contributed by atoms with Crippen LogP contribution in [0.25, 0.3) is 0 Å². The van der Waals surface area contributed by atoms with Gasteiger partial charge in [0, 0.05) is 11.6 Å². The molecule has 2 aromatic rings. The number of carbonyl (C=O) groups excluding carboxylic acids is 1. The van der Waals surface area contributed by atoms with Crippen molar-refractivity contribution in [3.8, 4) is 0 Å². The average Bonchev–Trinajstić information content (AvgIpc) is 2.80. The van der Waals surface area contributed by atoms with Crippen molar-refractivity contribution < 1.29 is 23.1 Å². The van der Waals surface area contributed by atoms with Crippen LogP contribution in [0.2, 0.25) is 0 Å². The number of amides is 1.